The highest BCUT2D eigenvalue weighted by Crippen LogP contribution is 2.27. The Balaban J connectivity index is 2.63. The minimum Gasteiger partial charge on any atom is -0.135 e. The Hall–Kier alpha value is -1.04. The molecular formula is C13H14IN3. The predicted molar refractivity (Wildman–Crippen MR) is 76.7 cm³/mol. The Morgan fingerprint density at radius 3 is 2.47 bits per heavy atom. The summed E-state index contributed by atoms with van der Waals surface area (Å²) in [6.45, 7) is 4.24. The zero-order chi connectivity index (χ0) is 12.3. The molecule has 3 nitrogen and oxygen atoms in total. The summed E-state index contributed by atoms with van der Waals surface area (Å²) in [6, 6.07) is 8.24. The van der Waals surface area contributed by atoms with Gasteiger partial charge in [0.25, 0.3) is 0 Å². The van der Waals surface area contributed by atoms with E-state index in [2.05, 4.69) is 64.0 Å². The lowest BCUT2D eigenvalue weighted by Crippen LogP contribution is -2.04. The van der Waals surface area contributed by atoms with Gasteiger partial charge in [-0.25, -0.2) is 0 Å². The van der Waals surface area contributed by atoms with Gasteiger partial charge >= 0.3 is 0 Å². The van der Waals surface area contributed by atoms with Gasteiger partial charge in [-0.2, -0.15) is 0 Å². The number of hydrogen-bond donors (Lipinski definition) is 0. The lowest BCUT2D eigenvalue weighted by molar-refractivity contribution is 0.791. The molecule has 0 fully saturated rings. The van der Waals surface area contributed by atoms with Gasteiger partial charge in [0.05, 0.1) is 5.69 Å². The van der Waals surface area contributed by atoms with Crippen molar-refractivity contribution in [2.24, 2.45) is 0 Å². The van der Waals surface area contributed by atoms with Crippen LogP contribution in [0.25, 0.3) is 11.3 Å². The van der Waals surface area contributed by atoms with Crippen molar-refractivity contribution in [1.29, 1.82) is 0 Å². The van der Waals surface area contributed by atoms with E-state index in [1.54, 1.807) is 0 Å². The second-order valence-corrected chi connectivity index (χ2v) is 4.91. The Labute approximate surface area is 115 Å². The number of rotatable bonds is 3. The van der Waals surface area contributed by atoms with E-state index in [0.29, 0.717) is 0 Å². The van der Waals surface area contributed by atoms with Crippen LogP contribution >= 0.6 is 22.6 Å². The SMILES string of the molecule is CCc1nnnc(-c2ccccc2I)c1CC. The molecular weight excluding hydrogens is 325 g/mol. The van der Waals surface area contributed by atoms with Crippen LogP contribution in [-0.2, 0) is 12.8 Å². The standard InChI is InChI=1S/C13H14IN3/c1-3-9-12(4-2)15-17-16-13(9)10-7-5-6-8-11(10)14/h5-8H,3-4H2,1-2H3. The summed E-state index contributed by atoms with van der Waals surface area (Å²) < 4.78 is 1.20. The predicted octanol–water partition coefficient (Wildman–Crippen LogP) is 3.27. The number of hydrogen-bond acceptors (Lipinski definition) is 3. The third kappa shape index (κ3) is 2.46. The molecule has 1 aromatic carbocycles. The van der Waals surface area contributed by atoms with Gasteiger partial charge in [0, 0.05) is 14.7 Å². The molecule has 0 bridgehead atoms. The molecule has 4 heteroatoms. The molecule has 17 heavy (non-hydrogen) atoms. The van der Waals surface area contributed by atoms with Crippen LogP contribution < -0.4 is 0 Å². The fourth-order valence-corrected chi connectivity index (χ4v) is 2.55. The molecule has 0 aliphatic rings. The highest BCUT2D eigenvalue weighted by Gasteiger charge is 2.13. The zero-order valence-electron chi connectivity index (χ0n) is 9.94. The number of aryl methyl sites for hydroxylation is 1. The van der Waals surface area contributed by atoms with E-state index in [9.17, 15) is 0 Å². The fourth-order valence-electron chi connectivity index (χ4n) is 1.90. The summed E-state index contributed by atoms with van der Waals surface area (Å²) in [5.41, 5.74) is 4.39. The van der Waals surface area contributed by atoms with E-state index in [-0.39, 0.29) is 0 Å². The molecule has 1 heterocycles. The molecule has 0 aliphatic carbocycles. The first-order valence-corrected chi connectivity index (χ1v) is 6.81. The van der Waals surface area contributed by atoms with Crippen LogP contribution in [0.4, 0.5) is 0 Å². The van der Waals surface area contributed by atoms with Gasteiger partial charge in [0.2, 0.25) is 0 Å². The number of halogens is 1. The van der Waals surface area contributed by atoms with Crippen LogP contribution in [0, 0.1) is 3.57 Å². The van der Waals surface area contributed by atoms with Gasteiger partial charge in [-0.3, -0.25) is 0 Å². The average molecular weight is 339 g/mol. The first kappa shape index (κ1) is 12.4. The largest absolute Gasteiger partial charge is 0.135 e. The van der Waals surface area contributed by atoms with Gasteiger partial charge in [-0.15, -0.1) is 10.2 Å². The van der Waals surface area contributed by atoms with Crippen molar-refractivity contribution in [3.8, 4) is 11.3 Å². The van der Waals surface area contributed by atoms with Crippen molar-refractivity contribution in [2.45, 2.75) is 26.7 Å². The molecule has 88 valence electrons. The summed E-state index contributed by atoms with van der Waals surface area (Å²) in [4.78, 5) is 0. The molecule has 0 unspecified atom stereocenters. The highest BCUT2D eigenvalue weighted by atomic mass is 127. The van der Waals surface area contributed by atoms with Crippen LogP contribution in [0.2, 0.25) is 0 Å². The summed E-state index contributed by atoms with van der Waals surface area (Å²) in [7, 11) is 0. The Kier molecular flexibility index (Phi) is 4.04. The molecule has 0 spiro atoms. The van der Waals surface area contributed by atoms with Crippen LogP contribution in [0.3, 0.4) is 0 Å². The summed E-state index contributed by atoms with van der Waals surface area (Å²) >= 11 is 2.33. The molecule has 2 aromatic rings. The molecule has 2 rings (SSSR count). The van der Waals surface area contributed by atoms with E-state index >= 15 is 0 Å². The molecule has 0 N–H and O–H groups in total. The van der Waals surface area contributed by atoms with Crippen molar-refractivity contribution in [1.82, 2.24) is 15.4 Å². The molecule has 0 saturated carbocycles. The molecule has 0 amide bonds. The first-order chi connectivity index (χ1) is 8.27. The van der Waals surface area contributed by atoms with Crippen molar-refractivity contribution in [3.05, 3.63) is 39.1 Å². The summed E-state index contributed by atoms with van der Waals surface area (Å²) in [5.74, 6) is 0. The lowest BCUT2D eigenvalue weighted by atomic mass is 10.0. The van der Waals surface area contributed by atoms with Crippen LogP contribution in [-0.4, -0.2) is 15.4 Å². The van der Waals surface area contributed by atoms with Gasteiger partial charge < -0.3 is 0 Å². The normalized spacial score (nSPS) is 10.5. The second-order valence-electron chi connectivity index (χ2n) is 3.75. The number of aromatic nitrogens is 3. The Morgan fingerprint density at radius 1 is 1.06 bits per heavy atom. The van der Waals surface area contributed by atoms with Crippen LogP contribution in [0.1, 0.15) is 25.1 Å². The third-order valence-electron chi connectivity index (χ3n) is 2.76. The maximum Gasteiger partial charge on any atom is 0.101 e. The lowest BCUT2D eigenvalue weighted by Gasteiger charge is -2.10. The Morgan fingerprint density at radius 2 is 1.82 bits per heavy atom. The van der Waals surface area contributed by atoms with Crippen LogP contribution in [0.15, 0.2) is 24.3 Å². The van der Waals surface area contributed by atoms with E-state index in [1.165, 1.54) is 9.13 Å². The maximum atomic E-state index is 4.22. The quantitative estimate of drug-likeness (QED) is 0.806. The fraction of sp³-hybridized carbons (Fsp3) is 0.308. The average Bonchev–Trinajstić information content (AvgIpc) is 2.38. The van der Waals surface area contributed by atoms with Gasteiger partial charge in [-0.05, 0) is 46.7 Å². The smallest absolute Gasteiger partial charge is 0.101 e. The summed E-state index contributed by atoms with van der Waals surface area (Å²) in [5, 5.41) is 12.2. The highest BCUT2D eigenvalue weighted by molar-refractivity contribution is 14.1. The van der Waals surface area contributed by atoms with E-state index in [4.69, 9.17) is 0 Å². The van der Waals surface area contributed by atoms with Gasteiger partial charge in [-0.1, -0.05) is 32.0 Å². The van der Waals surface area contributed by atoms with Gasteiger partial charge in [0.15, 0.2) is 0 Å². The van der Waals surface area contributed by atoms with Gasteiger partial charge in [0.1, 0.15) is 5.69 Å². The molecule has 0 radical (unpaired) electrons. The molecule has 1 aromatic heterocycles. The summed E-state index contributed by atoms with van der Waals surface area (Å²) in [6.07, 6.45) is 1.83. The van der Waals surface area contributed by atoms with E-state index < -0.39 is 0 Å². The van der Waals surface area contributed by atoms with E-state index in [0.717, 1.165) is 29.8 Å². The topological polar surface area (TPSA) is 38.7 Å². The van der Waals surface area contributed by atoms with Crippen molar-refractivity contribution >= 4 is 22.6 Å². The molecule has 0 aliphatic heterocycles. The third-order valence-corrected chi connectivity index (χ3v) is 3.70. The van der Waals surface area contributed by atoms with Crippen molar-refractivity contribution in [3.63, 3.8) is 0 Å². The Bertz CT molecular complexity index is 526. The minimum atomic E-state index is 0.898. The minimum absolute atomic E-state index is 0.898. The zero-order valence-corrected chi connectivity index (χ0v) is 12.1. The first-order valence-electron chi connectivity index (χ1n) is 5.73. The monoisotopic (exact) mass is 339 g/mol. The molecule has 0 atom stereocenters. The van der Waals surface area contributed by atoms with E-state index in [1.807, 2.05) is 12.1 Å². The van der Waals surface area contributed by atoms with Crippen LogP contribution in [0.5, 0.6) is 0 Å². The number of nitrogens with zero attached hydrogens (tertiary/aromatic N) is 3. The molecule has 0 saturated heterocycles. The van der Waals surface area contributed by atoms with Crippen molar-refractivity contribution < 1.29 is 0 Å². The van der Waals surface area contributed by atoms with Crippen molar-refractivity contribution in [2.75, 3.05) is 0 Å². The second kappa shape index (κ2) is 5.53. The number of benzene rings is 1. The maximum absolute atomic E-state index is 4.22.